The summed E-state index contributed by atoms with van der Waals surface area (Å²) in [5.74, 6) is 0.680. The molecule has 1 saturated heterocycles. The molecule has 110 valence electrons. The third kappa shape index (κ3) is 3.63. The van der Waals surface area contributed by atoms with Gasteiger partial charge in [-0.1, -0.05) is 6.07 Å². The van der Waals surface area contributed by atoms with Crippen molar-refractivity contribution in [2.24, 2.45) is 5.92 Å². The molecule has 0 spiro atoms. The van der Waals surface area contributed by atoms with Crippen LogP contribution in [-0.4, -0.2) is 39.2 Å². The molecule has 1 amide bonds. The topological polar surface area (TPSA) is 84.7 Å². The largest absolute Gasteiger partial charge is 0.326 e. The highest BCUT2D eigenvalue weighted by Crippen LogP contribution is 2.17. The smallest absolute Gasteiger partial charge is 0.224 e. The zero-order valence-corrected chi connectivity index (χ0v) is 11.7. The van der Waals surface area contributed by atoms with Crippen LogP contribution in [0, 0.1) is 5.92 Å². The number of anilines is 1. The number of nitrogens with one attached hydrogen (secondary N) is 2. The normalized spacial score (nSPS) is 17.8. The molecular weight excluding hydrogens is 268 g/mol. The Morgan fingerprint density at radius 2 is 2.43 bits per heavy atom. The van der Waals surface area contributed by atoms with Crippen LogP contribution in [0.2, 0.25) is 0 Å². The minimum Gasteiger partial charge on any atom is -0.326 e. The highest BCUT2D eigenvalue weighted by Gasteiger charge is 2.15. The number of nitrogens with zero attached hydrogens (tertiary/aromatic N) is 4. The van der Waals surface area contributed by atoms with Crippen LogP contribution in [0.1, 0.15) is 19.3 Å². The van der Waals surface area contributed by atoms with E-state index in [1.165, 1.54) is 12.7 Å². The molecule has 21 heavy (non-hydrogen) atoms. The van der Waals surface area contributed by atoms with E-state index in [0.717, 1.165) is 30.9 Å². The molecule has 2 heterocycles. The average molecular weight is 286 g/mol. The second-order valence-electron chi connectivity index (χ2n) is 5.25. The van der Waals surface area contributed by atoms with Gasteiger partial charge in [-0.3, -0.25) is 4.79 Å². The summed E-state index contributed by atoms with van der Waals surface area (Å²) < 4.78 is 1.56. The summed E-state index contributed by atoms with van der Waals surface area (Å²) >= 11 is 0. The van der Waals surface area contributed by atoms with Gasteiger partial charge in [0.05, 0.1) is 5.69 Å². The van der Waals surface area contributed by atoms with E-state index in [1.807, 2.05) is 24.3 Å². The fourth-order valence-corrected chi connectivity index (χ4v) is 2.53. The maximum Gasteiger partial charge on any atom is 0.224 e. The molecular formula is C14H18N6O. The van der Waals surface area contributed by atoms with E-state index in [9.17, 15) is 4.79 Å². The van der Waals surface area contributed by atoms with Crippen LogP contribution in [0.15, 0.2) is 30.6 Å². The molecule has 1 unspecified atom stereocenters. The van der Waals surface area contributed by atoms with E-state index < -0.39 is 0 Å². The quantitative estimate of drug-likeness (QED) is 0.856. The van der Waals surface area contributed by atoms with Crippen molar-refractivity contribution in [3.63, 3.8) is 0 Å². The highest BCUT2D eigenvalue weighted by atomic mass is 16.1. The van der Waals surface area contributed by atoms with Gasteiger partial charge in [0.1, 0.15) is 6.33 Å². The molecule has 1 atom stereocenters. The number of hydrogen-bond acceptors (Lipinski definition) is 5. The molecule has 0 saturated carbocycles. The SMILES string of the molecule is O=C(CCC1CCNC1)Nc1cccc(-n2cnnn2)c1. The summed E-state index contributed by atoms with van der Waals surface area (Å²) in [4.78, 5) is 12.0. The molecule has 0 bridgehead atoms. The van der Waals surface area contributed by atoms with Gasteiger partial charge in [0.15, 0.2) is 0 Å². The maximum absolute atomic E-state index is 12.0. The summed E-state index contributed by atoms with van der Waals surface area (Å²) in [5, 5.41) is 17.3. The molecule has 1 aliphatic heterocycles. The van der Waals surface area contributed by atoms with Crippen molar-refractivity contribution < 1.29 is 4.79 Å². The van der Waals surface area contributed by atoms with Gasteiger partial charge in [0.2, 0.25) is 5.91 Å². The van der Waals surface area contributed by atoms with Gasteiger partial charge in [-0.2, -0.15) is 0 Å². The second kappa shape index (κ2) is 6.45. The minimum atomic E-state index is 0.0516. The summed E-state index contributed by atoms with van der Waals surface area (Å²) in [6.07, 6.45) is 4.18. The molecule has 3 rings (SSSR count). The van der Waals surface area contributed by atoms with Gasteiger partial charge in [0.25, 0.3) is 0 Å². The van der Waals surface area contributed by atoms with E-state index in [1.54, 1.807) is 4.68 Å². The molecule has 1 aromatic heterocycles. The number of benzene rings is 1. The Balaban J connectivity index is 1.56. The number of tetrazole rings is 1. The van der Waals surface area contributed by atoms with E-state index >= 15 is 0 Å². The lowest BCUT2D eigenvalue weighted by atomic mass is 10.0. The Kier molecular flexibility index (Phi) is 4.20. The third-order valence-electron chi connectivity index (χ3n) is 3.69. The number of carbonyl (C=O) groups is 1. The lowest BCUT2D eigenvalue weighted by molar-refractivity contribution is -0.116. The minimum absolute atomic E-state index is 0.0516. The highest BCUT2D eigenvalue weighted by molar-refractivity contribution is 5.90. The van der Waals surface area contributed by atoms with Crippen molar-refractivity contribution in [3.8, 4) is 5.69 Å². The Morgan fingerprint density at radius 1 is 1.48 bits per heavy atom. The zero-order valence-electron chi connectivity index (χ0n) is 11.7. The standard InChI is InChI=1S/C14H18N6O/c21-14(5-4-11-6-7-15-9-11)17-12-2-1-3-13(8-12)20-10-16-18-19-20/h1-3,8,10-11,15H,4-7,9H2,(H,17,21). The van der Waals surface area contributed by atoms with Crippen molar-refractivity contribution in [3.05, 3.63) is 30.6 Å². The number of rotatable bonds is 5. The van der Waals surface area contributed by atoms with E-state index in [-0.39, 0.29) is 5.91 Å². The molecule has 0 radical (unpaired) electrons. The first-order valence-corrected chi connectivity index (χ1v) is 7.15. The molecule has 1 aromatic carbocycles. The summed E-state index contributed by atoms with van der Waals surface area (Å²) in [6.45, 7) is 2.10. The Morgan fingerprint density at radius 3 is 3.19 bits per heavy atom. The van der Waals surface area contributed by atoms with Gasteiger partial charge in [-0.05, 0) is 60.5 Å². The molecule has 7 heteroatoms. The number of aromatic nitrogens is 4. The van der Waals surface area contributed by atoms with Crippen LogP contribution in [0.5, 0.6) is 0 Å². The Hall–Kier alpha value is -2.28. The fourth-order valence-electron chi connectivity index (χ4n) is 2.53. The number of amides is 1. The predicted molar refractivity (Wildman–Crippen MR) is 78.0 cm³/mol. The van der Waals surface area contributed by atoms with Crippen LogP contribution in [0.25, 0.3) is 5.69 Å². The van der Waals surface area contributed by atoms with Gasteiger partial charge in [-0.25, -0.2) is 4.68 Å². The third-order valence-corrected chi connectivity index (χ3v) is 3.69. The fraction of sp³-hybridized carbons (Fsp3) is 0.429. The van der Waals surface area contributed by atoms with Crippen LogP contribution in [-0.2, 0) is 4.79 Å². The molecule has 2 N–H and O–H groups in total. The lowest BCUT2D eigenvalue weighted by Crippen LogP contribution is -2.15. The Labute approximate surface area is 122 Å². The first-order valence-electron chi connectivity index (χ1n) is 7.15. The molecule has 0 aliphatic carbocycles. The van der Waals surface area contributed by atoms with Crippen molar-refractivity contribution in [2.45, 2.75) is 19.3 Å². The lowest BCUT2D eigenvalue weighted by Gasteiger charge is -2.09. The average Bonchev–Trinajstić information content (AvgIpc) is 3.19. The van der Waals surface area contributed by atoms with Crippen molar-refractivity contribution in [1.29, 1.82) is 0 Å². The Bertz CT molecular complexity index is 591. The van der Waals surface area contributed by atoms with Crippen LogP contribution in [0.4, 0.5) is 5.69 Å². The zero-order chi connectivity index (χ0) is 14.5. The van der Waals surface area contributed by atoms with E-state index in [4.69, 9.17) is 0 Å². The number of hydrogen-bond donors (Lipinski definition) is 2. The van der Waals surface area contributed by atoms with Gasteiger partial charge < -0.3 is 10.6 Å². The van der Waals surface area contributed by atoms with Crippen molar-refractivity contribution >= 4 is 11.6 Å². The van der Waals surface area contributed by atoms with Crippen LogP contribution >= 0.6 is 0 Å². The first-order chi connectivity index (χ1) is 10.3. The first kappa shape index (κ1) is 13.7. The molecule has 1 fully saturated rings. The van der Waals surface area contributed by atoms with E-state index in [0.29, 0.717) is 12.3 Å². The van der Waals surface area contributed by atoms with Crippen molar-refractivity contribution in [2.75, 3.05) is 18.4 Å². The van der Waals surface area contributed by atoms with E-state index in [2.05, 4.69) is 26.2 Å². The second-order valence-corrected chi connectivity index (χ2v) is 5.25. The van der Waals surface area contributed by atoms with Gasteiger partial charge in [-0.15, -0.1) is 5.10 Å². The van der Waals surface area contributed by atoms with Crippen molar-refractivity contribution in [1.82, 2.24) is 25.5 Å². The van der Waals surface area contributed by atoms with Crippen LogP contribution < -0.4 is 10.6 Å². The summed E-state index contributed by atoms with van der Waals surface area (Å²) in [7, 11) is 0. The van der Waals surface area contributed by atoms with Gasteiger partial charge in [0, 0.05) is 12.1 Å². The summed E-state index contributed by atoms with van der Waals surface area (Å²) in [6, 6.07) is 7.47. The molecule has 1 aliphatic rings. The summed E-state index contributed by atoms with van der Waals surface area (Å²) in [5.41, 5.74) is 1.58. The molecule has 2 aromatic rings. The maximum atomic E-state index is 12.0. The monoisotopic (exact) mass is 286 g/mol. The molecule has 7 nitrogen and oxygen atoms in total. The predicted octanol–water partition coefficient (Wildman–Crippen LogP) is 0.990. The number of carbonyl (C=O) groups excluding carboxylic acids is 1. The van der Waals surface area contributed by atoms with Gasteiger partial charge >= 0.3 is 0 Å². The van der Waals surface area contributed by atoms with Crippen LogP contribution in [0.3, 0.4) is 0 Å².